The number of rotatable bonds is 6. The minimum Gasteiger partial charge on any atom is -0.435 e. The Bertz CT molecular complexity index is 831. The van der Waals surface area contributed by atoms with Crippen molar-refractivity contribution in [3.63, 3.8) is 0 Å². The summed E-state index contributed by atoms with van der Waals surface area (Å²) < 4.78 is 34.5. The van der Waals surface area contributed by atoms with Crippen molar-refractivity contribution in [1.82, 2.24) is 4.57 Å². The molecule has 0 atom stereocenters. The molecular weight excluding hydrogens is 330 g/mol. The van der Waals surface area contributed by atoms with Gasteiger partial charge in [0.25, 0.3) is 0 Å². The molecule has 0 aliphatic carbocycles. The van der Waals surface area contributed by atoms with E-state index in [1.54, 1.807) is 30.1 Å². The van der Waals surface area contributed by atoms with Crippen molar-refractivity contribution in [2.45, 2.75) is 13.5 Å². The first kappa shape index (κ1) is 16.6. The highest BCUT2D eigenvalue weighted by Gasteiger charge is 2.11. The second-order valence-electron chi connectivity index (χ2n) is 5.30. The molecule has 0 unspecified atom stereocenters. The number of aryl methyl sites for hydroxylation is 1. The summed E-state index contributed by atoms with van der Waals surface area (Å²) in [5, 5.41) is 0.984. The van der Waals surface area contributed by atoms with Crippen LogP contribution in [-0.4, -0.2) is 16.9 Å². The fourth-order valence-electron chi connectivity index (χ4n) is 2.63. The molecule has 0 aliphatic heterocycles. The topological polar surface area (TPSA) is 26.2 Å². The second-order valence-corrected chi connectivity index (χ2v) is 6.37. The molecule has 1 aromatic heterocycles. The highest BCUT2D eigenvalue weighted by Crippen LogP contribution is 2.31. The quantitative estimate of drug-likeness (QED) is 0.594. The molecule has 0 amide bonds. The molecule has 3 rings (SSSR count). The molecule has 3 nitrogen and oxygen atoms in total. The van der Waals surface area contributed by atoms with Gasteiger partial charge in [0.2, 0.25) is 0 Å². The summed E-state index contributed by atoms with van der Waals surface area (Å²) >= 11 is 1.65. The number of aromatic nitrogens is 1. The van der Waals surface area contributed by atoms with E-state index in [0.29, 0.717) is 0 Å². The van der Waals surface area contributed by atoms with E-state index >= 15 is 0 Å². The first-order valence-corrected chi connectivity index (χ1v) is 8.59. The van der Waals surface area contributed by atoms with Crippen molar-refractivity contribution in [3.05, 3.63) is 48.5 Å². The van der Waals surface area contributed by atoms with Crippen LogP contribution in [0.2, 0.25) is 0 Å². The molecule has 0 saturated heterocycles. The molecule has 0 spiro atoms. The van der Waals surface area contributed by atoms with Gasteiger partial charge in [0.05, 0.1) is 5.52 Å². The van der Waals surface area contributed by atoms with Crippen LogP contribution in [0.4, 0.5) is 14.5 Å². The van der Waals surface area contributed by atoms with Crippen LogP contribution in [0.1, 0.15) is 6.92 Å². The minimum absolute atomic E-state index is 0.168. The smallest absolute Gasteiger partial charge is 0.387 e. The van der Waals surface area contributed by atoms with E-state index in [9.17, 15) is 8.78 Å². The Hall–Kier alpha value is -2.21. The maximum Gasteiger partial charge on any atom is 0.387 e. The summed E-state index contributed by atoms with van der Waals surface area (Å²) in [7, 11) is 1.92. The predicted octanol–water partition coefficient (Wildman–Crippen LogP) is 5.53. The average molecular weight is 348 g/mol. The number of halogens is 2. The predicted molar refractivity (Wildman–Crippen MR) is 96.7 cm³/mol. The summed E-state index contributed by atoms with van der Waals surface area (Å²) in [6.07, 6.45) is 0. The molecule has 0 saturated carbocycles. The van der Waals surface area contributed by atoms with Crippen LogP contribution >= 0.6 is 11.9 Å². The first-order chi connectivity index (χ1) is 11.6. The maximum absolute atomic E-state index is 12.4. The molecule has 1 heterocycles. The van der Waals surface area contributed by atoms with E-state index < -0.39 is 6.61 Å². The van der Waals surface area contributed by atoms with Crippen molar-refractivity contribution in [2.75, 3.05) is 10.5 Å². The lowest BCUT2D eigenvalue weighted by Gasteiger charge is -2.08. The van der Waals surface area contributed by atoms with Gasteiger partial charge in [0.15, 0.2) is 0 Å². The zero-order valence-corrected chi connectivity index (χ0v) is 14.2. The molecule has 24 heavy (non-hydrogen) atoms. The van der Waals surface area contributed by atoms with Crippen LogP contribution in [0.15, 0.2) is 48.5 Å². The Morgan fingerprint density at radius 1 is 1.12 bits per heavy atom. The van der Waals surface area contributed by atoms with E-state index in [-0.39, 0.29) is 5.75 Å². The van der Waals surface area contributed by atoms with Gasteiger partial charge in [0, 0.05) is 35.6 Å². The van der Waals surface area contributed by atoms with E-state index in [0.717, 1.165) is 33.6 Å². The lowest BCUT2D eigenvalue weighted by molar-refractivity contribution is -0.0497. The molecule has 0 radical (unpaired) electrons. The van der Waals surface area contributed by atoms with Crippen molar-refractivity contribution >= 4 is 28.5 Å². The number of fused-ring (bicyclic) bond motifs is 1. The van der Waals surface area contributed by atoms with Gasteiger partial charge in [0.1, 0.15) is 5.75 Å². The average Bonchev–Trinajstić information content (AvgIpc) is 2.90. The van der Waals surface area contributed by atoms with Crippen molar-refractivity contribution < 1.29 is 13.5 Å². The SMILES string of the molecule is CCSNc1ccc(-c2cc3ccc(OC(F)F)cc3n2C)cc1. The van der Waals surface area contributed by atoms with Gasteiger partial charge < -0.3 is 14.0 Å². The summed E-state index contributed by atoms with van der Waals surface area (Å²) in [6.45, 7) is -0.726. The number of ether oxygens (including phenoxy) is 1. The molecule has 126 valence electrons. The van der Waals surface area contributed by atoms with Crippen molar-refractivity contribution in [3.8, 4) is 17.0 Å². The molecule has 1 N–H and O–H groups in total. The van der Waals surface area contributed by atoms with E-state index in [1.165, 1.54) is 0 Å². The van der Waals surface area contributed by atoms with Gasteiger partial charge in [-0.1, -0.05) is 31.0 Å². The zero-order chi connectivity index (χ0) is 17.1. The first-order valence-electron chi connectivity index (χ1n) is 7.61. The van der Waals surface area contributed by atoms with E-state index in [4.69, 9.17) is 0 Å². The Labute approximate surface area is 143 Å². The van der Waals surface area contributed by atoms with Gasteiger partial charge >= 0.3 is 6.61 Å². The molecule has 0 bridgehead atoms. The van der Waals surface area contributed by atoms with Crippen LogP contribution in [0.5, 0.6) is 5.75 Å². The maximum atomic E-state index is 12.4. The molecule has 6 heteroatoms. The highest BCUT2D eigenvalue weighted by molar-refractivity contribution is 8.00. The molecule has 2 aromatic carbocycles. The van der Waals surface area contributed by atoms with Gasteiger partial charge in [-0.3, -0.25) is 0 Å². The Morgan fingerprint density at radius 3 is 2.54 bits per heavy atom. The molecule has 3 aromatic rings. The Balaban J connectivity index is 1.93. The van der Waals surface area contributed by atoms with Gasteiger partial charge in [-0.2, -0.15) is 8.78 Å². The minimum atomic E-state index is -2.82. The standard InChI is InChI=1S/C18H18F2N2OS/c1-3-24-21-14-7-4-12(5-8-14)16-10-13-6-9-15(23-18(19)20)11-17(13)22(16)2/h4-11,18,21H,3H2,1-2H3. The van der Waals surface area contributed by atoms with Crippen LogP contribution in [0, 0.1) is 0 Å². The number of hydrogen-bond donors (Lipinski definition) is 1. The third-order valence-corrected chi connectivity index (χ3v) is 4.43. The van der Waals surface area contributed by atoms with Crippen LogP contribution < -0.4 is 9.46 Å². The fourth-order valence-corrected chi connectivity index (χ4v) is 3.07. The number of alkyl halides is 2. The van der Waals surface area contributed by atoms with E-state index in [2.05, 4.69) is 16.4 Å². The molecular formula is C18H18F2N2OS. The summed E-state index contributed by atoms with van der Waals surface area (Å²) in [6, 6.07) is 15.2. The third-order valence-electron chi connectivity index (χ3n) is 3.76. The lowest BCUT2D eigenvalue weighted by atomic mass is 10.1. The second kappa shape index (κ2) is 7.13. The Kier molecular flexibility index (Phi) is 4.94. The zero-order valence-electron chi connectivity index (χ0n) is 13.4. The number of anilines is 1. The van der Waals surface area contributed by atoms with Crippen molar-refractivity contribution in [1.29, 1.82) is 0 Å². The third kappa shape index (κ3) is 3.48. The number of nitrogens with zero attached hydrogens (tertiary/aromatic N) is 1. The summed E-state index contributed by atoms with van der Waals surface area (Å²) in [4.78, 5) is 0. The Morgan fingerprint density at radius 2 is 1.88 bits per heavy atom. The van der Waals surface area contributed by atoms with Crippen LogP contribution in [0.25, 0.3) is 22.2 Å². The normalized spacial score (nSPS) is 11.2. The fraction of sp³-hybridized carbons (Fsp3) is 0.222. The number of benzene rings is 2. The lowest BCUT2D eigenvalue weighted by Crippen LogP contribution is -2.01. The number of hydrogen-bond acceptors (Lipinski definition) is 3. The highest BCUT2D eigenvalue weighted by atomic mass is 32.2. The molecule has 0 aliphatic rings. The summed E-state index contributed by atoms with van der Waals surface area (Å²) in [5.41, 5.74) is 4.00. The summed E-state index contributed by atoms with van der Waals surface area (Å²) in [5.74, 6) is 1.16. The molecule has 0 fully saturated rings. The monoisotopic (exact) mass is 348 g/mol. The van der Waals surface area contributed by atoms with Gasteiger partial charge in [-0.05, 0) is 35.9 Å². The van der Waals surface area contributed by atoms with Crippen LogP contribution in [-0.2, 0) is 7.05 Å². The van der Waals surface area contributed by atoms with Gasteiger partial charge in [-0.25, -0.2) is 0 Å². The van der Waals surface area contributed by atoms with Crippen LogP contribution in [0.3, 0.4) is 0 Å². The van der Waals surface area contributed by atoms with Gasteiger partial charge in [-0.15, -0.1) is 0 Å². The van der Waals surface area contributed by atoms with E-state index in [1.807, 2.05) is 41.9 Å². The number of nitrogens with one attached hydrogen (secondary N) is 1. The largest absolute Gasteiger partial charge is 0.435 e. The van der Waals surface area contributed by atoms with Crippen molar-refractivity contribution in [2.24, 2.45) is 7.05 Å².